The van der Waals surface area contributed by atoms with Crippen LogP contribution in [0.2, 0.25) is 0 Å². The number of rotatable bonds is 17. The lowest BCUT2D eigenvalue weighted by atomic mass is 10.1. The van der Waals surface area contributed by atoms with Crippen molar-refractivity contribution in [1.82, 2.24) is 0 Å². The molecule has 0 saturated heterocycles. The summed E-state index contributed by atoms with van der Waals surface area (Å²) in [5.74, 6) is -0.359. The molecule has 0 bridgehead atoms. The van der Waals surface area contributed by atoms with Gasteiger partial charge in [0.2, 0.25) is 0 Å². The Kier molecular flexibility index (Phi) is 27.3. The Morgan fingerprint density at radius 3 is 1.65 bits per heavy atom. The highest BCUT2D eigenvalue weighted by Gasteiger charge is 1.90. The van der Waals surface area contributed by atoms with E-state index < -0.39 is 0 Å². The third kappa shape index (κ3) is 27.7. The second kappa shape index (κ2) is 26.1. The number of carbonyl (C=O) groups is 1. The highest BCUT2D eigenvalue weighted by molar-refractivity contribution is 5.81. The van der Waals surface area contributed by atoms with Gasteiger partial charge in [0, 0.05) is 6.08 Å². The number of unbranched alkanes of at least 4 members (excludes halogenated alkanes) is 12. The first kappa shape index (κ1) is 27.1. The number of hydrogen-bond acceptors (Lipinski definition) is 3. The van der Waals surface area contributed by atoms with Crippen LogP contribution in [0.15, 0.2) is 24.8 Å². The first-order chi connectivity index (χ1) is 12.7. The summed E-state index contributed by atoms with van der Waals surface area (Å²) >= 11 is 0. The molecule has 0 aromatic heterocycles. The first-order valence-corrected chi connectivity index (χ1v) is 10.9. The summed E-state index contributed by atoms with van der Waals surface area (Å²) in [5.41, 5.74) is 5.47. The number of nitrogens with two attached hydrogens (primary N) is 1. The van der Waals surface area contributed by atoms with Gasteiger partial charge in [0.15, 0.2) is 0 Å². The van der Waals surface area contributed by atoms with Gasteiger partial charge in [0.25, 0.3) is 0 Å². The first-order valence-electron chi connectivity index (χ1n) is 10.9. The summed E-state index contributed by atoms with van der Waals surface area (Å²) in [7, 11) is 0. The zero-order chi connectivity index (χ0) is 19.7. The molecule has 0 heterocycles. The topological polar surface area (TPSA) is 52.3 Å². The third-order valence-electron chi connectivity index (χ3n) is 4.17. The molecule has 0 spiro atoms. The van der Waals surface area contributed by atoms with Crippen molar-refractivity contribution < 1.29 is 9.53 Å². The van der Waals surface area contributed by atoms with Crippen molar-refractivity contribution in [3.05, 3.63) is 24.8 Å². The van der Waals surface area contributed by atoms with E-state index in [-0.39, 0.29) is 5.97 Å². The van der Waals surface area contributed by atoms with Crippen LogP contribution in [-0.2, 0) is 9.53 Å². The lowest BCUT2D eigenvalue weighted by Crippen LogP contribution is -1.97. The van der Waals surface area contributed by atoms with Crippen molar-refractivity contribution in [1.29, 1.82) is 0 Å². The van der Waals surface area contributed by atoms with E-state index in [1.54, 1.807) is 6.92 Å². The van der Waals surface area contributed by atoms with E-state index in [1.807, 2.05) is 0 Å². The Hall–Kier alpha value is -1.09. The molecular weight excluding hydrogens is 322 g/mol. The standard InChI is InChI=1S/C18H37N.C5H8O2/c1-2-3-4-5-6-7-8-9-10-11-12-13-14-15-16-17-18-19;1-3-5(6)7-4-2/h9-10H,2-8,11-19H2,1H3;3H,1,4H2,2H3/b10-9-;. The second-order valence-corrected chi connectivity index (χ2v) is 6.68. The lowest BCUT2D eigenvalue weighted by Gasteiger charge is -1.99. The second-order valence-electron chi connectivity index (χ2n) is 6.68. The number of hydrogen-bond donors (Lipinski definition) is 1. The van der Waals surface area contributed by atoms with E-state index in [4.69, 9.17) is 5.73 Å². The molecule has 3 heteroatoms. The summed E-state index contributed by atoms with van der Waals surface area (Å²) in [6.07, 6.45) is 25.0. The Morgan fingerprint density at radius 2 is 1.27 bits per heavy atom. The molecule has 0 rings (SSSR count). The van der Waals surface area contributed by atoms with Crippen molar-refractivity contribution in [2.75, 3.05) is 13.2 Å². The van der Waals surface area contributed by atoms with Crippen molar-refractivity contribution in [2.24, 2.45) is 5.73 Å². The van der Waals surface area contributed by atoms with E-state index in [0.717, 1.165) is 12.6 Å². The average Bonchev–Trinajstić information content (AvgIpc) is 2.65. The highest BCUT2D eigenvalue weighted by Crippen LogP contribution is 2.09. The normalized spacial score (nSPS) is 10.4. The molecule has 154 valence electrons. The fourth-order valence-corrected chi connectivity index (χ4v) is 2.59. The Bertz CT molecular complexity index is 313. The summed E-state index contributed by atoms with van der Waals surface area (Å²) in [5, 5.41) is 0. The molecule has 0 amide bonds. The van der Waals surface area contributed by atoms with Gasteiger partial charge in [0.1, 0.15) is 0 Å². The van der Waals surface area contributed by atoms with Crippen LogP contribution in [0.25, 0.3) is 0 Å². The van der Waals surface area contributed by atoms with Crippen LogP contribution in [0.1, 0.15) is 104 Å². The Labute approximate surface area is 163 Å². The van der Waals surface area contributed by atoms with Gasteiger partial charge in [0.05, 0.1) is 6.61 Å². The van der Waals surface area contributed by atoms with Gasteiger partial charge in [-0.1, -0.05) is 83.4 Å². The molecule has 0 aromatic carbocycles. The van der Waals surface area contributed by atoms with Crippen LogP contribution in [-0.4, -0.2) is 19.1 Å². The summed E-state index contributed by atoms with van der Waals surface area (Å²) in [6, 6.07) is 0. The zero-order valence-corrected chi connectivity index (χ0v) is 17.6. The molecule has 0 aliphatic heterocycles. The molecule has 3 nitrogen and oxygen atoms in total. The maximum atomic E-state index is 10.1. The molecule has 0 aromatic rings. The molecule has 0 saturated carbocycles. The molecule has 0 unspecified atom stereocenters. The smallest absolute Gasteiger partial charge is 0.330 e. The molecule has 2 N–H and O–H groups in total. The molecule has 0 aliphatic rings. The predicted octanol–water partition coefficient (Wildman–Crippen LogP) is 6.72. The quantitative estimate of drug-likeness (QED) is 0.134. The number of allylic oxidation sites excluding steroid dienone is 2. The third-order valence-corrected chi connectivity index (χ3v) is 4.17. The zero-order valence-electron chi connectivity index (χ0n) is 17.6. The fraction of sp³-hybridized carbons (Fsp3) is 0.783. The van der Waals surface area contributed by atoms with Crippen molar-refractivity contribution in [3.63, 3.8) is 0 Å². The summed E-state index contributed by atoms with van der Waals surface area (Å²) in [4.78, 5) is 10.1. The van der Waals surface area contributed by atoms with E-state index in [2.05, 4.69) is 30.4 Å². The minimum atomic E-state index is -0.359. The van der Waals surface area contributed by atoms with Crippen LogP contribution in [0, 0.1) is 0 Å². The van der Waals surface area contributed by atoms with Crippen molar-refractivity contribution in [2.45, 2.75) is 104 Å². The van der Waals surface area contributed by atoms with E-state index >= 15 is 0 Å². The van der Waals surface area contributed by atoms with E-state index in [0.29, 0.717) is 6.61 Å². The Balaban J connectivity index is 0. The van der Waals surface area contributed by atoms with Gasteiger partial charge in [-0.15, -0.1) is 0 Å². The average molecular weight is 368 g/mol. The van der Waals surface area contributed by atoms with Gasteiger partial charge < -0.3 is 10.5 Å². The van der Waals surface area contributed by atoms with Crippen LogP contribution in [0.4, 0.5) is 0 Å². The van der Waals surface area contributed by atoms with Crippen LogP contribution in [0.3, 0.4) is 0 Å². The predicted molar refractivity (Wildman–Crippen MR) is 115 cm³/mol. The van der Waals surface area contributed by atoms with Crippen LogP contribution < -0.4 is 5.73 Å². The highest BCUT2D eigenvalue weighted by atomic mass is 16.5. The monoisotopic (exact) mass is 367 g/mol. The fourth-order valence-electron chi connectivity index (χ4n) is 2.59. The molecular formula is C23H45NO2. The minimum Gasteiger partial charge on any atom is -0.463 e. The maximum Gasteiger partial charge on any atom is 0.330 e. The SMILES string of the molecule is C=CC(=O)OCC.CCCCCCCC/C=C\CCCCCCCCN. The largest absolute Gasteiger partial charge is 0.463 e. The molecule has 0 aliphatic carbocycles. The van der Waals surface area contributed by atoms with E-state index in [9.17, 15) is 4.79 Å². The van der Waals surface area contributed by atoms with Crippen LogP contribution in [0.5, 0.6) is 0 Å². The molecule has 0 atom stereocenters. The van der Waals surface area contributed by atoms with Gasteiger partial charge in [-0.2, -0.15) is 0 Å². The number of ether oxygens (including phenoxy) is 1. The molecule has 0 fully saturated rings. The van der Waals surface area contributed by atoms with Gasteiger partial charge in [-0.3, -0.25) is 0 Å². The van der Waals surface area contributed by atoms with Crippen molar-refractivity contribution in [3.8, 4) is 0 Å². The van der Waals surface area contributed by atoms with Crippen molar-refractivity contribution >= 4 is 5.97 Å². The number of esters is 1. The molecule has 26 heavy (non-hydrogen) atoms. The summed E-state index contributed by atoms with van der Waals surface area (Å²) in [6.45, 7) is 8.52. The Morgan fingerprint density at radius 1 is 0.808 bits per heavy atom. The molecule has 0 radical (unpaired) electrons. The lowest BCUT2D eigenvalue weighted by molar-refractivity contribution is -0.137. The van der Waals surface area contributed by atoms with Gasteiger partial charge >= 0.3 is 5.97 Å². The van der Waals surface area contributed by atoms with Gasteiger partial charge in [-0.25, -0.2) is 4.79 Å². The maximum absolute atomic E-state index is 10.1. The van der Waals surface area contributed by atoms with Gasteiger partial charge in [-0.05, 0) is 45.6 Å². The van der Waals surface area contributed by atoms with Crippen LogP contribution >= 0.6 is 0 Å². The van der Waals surface area contributed by atoms with E-state index in [1.165, 1.54) is 89.9 Å². The minimum absolute atomic E-state index is 0.359. The summed E-state index contributed by atoms with van der Waals surface area (Å²) < 4.78 is 4.43. The number of carbonyl (C=O) groups excluding carboxylic acids is 1.